The number of nitrogens with zero attached hydrogens (tertiary/aromatic N) is 3. The zero-order chi connectivity index (χ0) is 18.7. The summed E-state index contributed by atoms with van der Waals surface area (Å²) in [6, 6.07) is 10.8. The molecule has 1 amide bonds. The van der Waals surface area contributed by atoms with Gasteiger partial charge in [0.15, 0.2) is 0 Å². The fourth-order valence-electron chi connectivity index (χ4n) is 2.53. The molecule has 7 heteroatoms. The SMILES string of the molecule is COc1ccc(C(=O)Nc2ccc(-n3cnc(C)c3C)cc2)c(OC)n1. The lowest BCUT2D eigenvalue weighted by Gasteiger charge is -2.11. The predicted molar refractivity (Wildman–Crippen MR) is 98.3 cm³/mol. The van der Waals surface area contributed by atoms with Gasteiger partial charge >= 0.3 is 0 Å². The third kappa shape index (κ3) is 3.37. The number of rotatable bonds is 5. The van der Waals surface area contributed by atoms with Gasteiger partial charge in [-0.05, 0) is 44.2 Å². The second kappa shape index (κ2) is 7.26. The summed E-state index contributed by atoms with van der Waals surface area (Å²) in [5.74, 6) is 0.288. The third-order valence-electron chi connectivity index (χ3n) is 4.14. The number of carbonyl (C=O) groups is 1. The quantitative estimate of drug-likeness (QED) is 0.763. The number of benzene rings is 1. The Kier molecular flexibility index (Phi) is 4.88. The highest BCUT2D eigenvalue weighted by atomic mass is 16.5. The van der Waals surface area contributed by atoms with Gasteiger partial charge in [-0.3, -0.25) is 4.79 Å². The van der Waals surface area contributed by atoms with Crippen LogP contribution < -0.4 is 14.8 Å². The Hall–Kier alpha value is -3.35. The summed E-state index contributed by atoms with van der Waals surface area (Å²) < 4.78 is 12.2. The van der Waals surface area contributed by atoms with Crippen LogP contribution in [-0.4, -0.2) is 34.7 Å². The Morgan fingerprint density at radius 3 is 2.35 bits per heavy atom. The van der Waals surface area contributed by atoms with Crippen molar-refractivity contribution >= 4 is 11.6 Å². The summed E-state index contributed by atoms with van der Waals surface area (Å²) in [7, 11) is 2.97. The van der Waals surface area contributed by atoms with Crippen molar-refractivity contribution in [2.24, 2.45) is 0 Å². The van der Waals surface area contributed by atoms with Crippen LogP contribution in [0.15, 0.2) is 42.7 Å². The number of imidazole rings is 1. The van der Waals surface area contributed by atoms with Gasteiger partial charge in [0, 0.05) is 23.1 Å². The monoisotopic (exact) mass is 352 g/mol. The maximum absolute atomic E-state index is 12.5. The molecule has 3 rings (SSSR count). The molecule has 0 radical (unpaired) electrons. The molecule has 134 valence electrons. The topological polar surface area (TPSA) is 78.3 Å². The van der Waals surface area contributed by atoms with Crippen molar-refractivity contribution in [1.29, 1.82) is 0 Å². The summed E-state index contributed by atoms with van der Waals surface area (Å²) >= 11 is 0. The lowest BCUT2D eigenvalue weighted by atomic mass is 10.2. The average Bonchev–Trinajstić information content (AvgIpc) is 3.00. The van der Waals surface area contributed by atoms with Gasteiger partial charge in [-0.15, -0.1) is 0 Å². The largest absolute Gasteiger partial charge is 0.481 e. The first-order chi connectivity index (χ1) is 12.5. The van der Waals surface area contributed by atoms with E-state index in [4.69, 9.17) is 9.47 Å². The highest BCUT2D eigenvalue weighted by molar-refractivity contribution is 6.05. The van der Waals surface area contributed by atoms with Crippen LogP contribution in [-0.2, 0) is 0 Å². The molecule has 0 unspecified atom stereocenters. The number of hydrogen-bond donors (Lipinski definition) is 1. The lowest BCUT2D eigenvalue weighted by Crippen LogP contribution is -2.14. The molecule has 7 nitrogen and oxygen atoms in total. The Balaban J connectivity index is 1.79. The molecular formula is C19H20N4O3. The number of ether oxygens (including phenoxy) is 2. The van der Waals surface area contributed by atoms with Gasteiger partial charge < -0.3 is 19.4 Å². The summed E-state index contributed by atoms with van der Waals surface area (Å²) in [5.41, 5.74) is 4.05. The van der Waals surface area contributed by atoms with Crippen molar-refractivity contribution in [1.82, 2.24) is 14.5 Å². The zero-order valence-corrected chi connectivity index (χ0v) is 15.1. The highest BCUT2D eigenvalue weighted by Gasteiger charge is 2.15. The van der Waals surface area contributed by atoms with E-state index in [9.17, 15) is 4.79 Å². The van der Waals surface area contributed by atoms with Crippen LogP contribution in [0.1, 0.15) is 21.7 Å². The molecule has 0 fully saturated rings. The van der Waals surface area contributed by atoms with E-state index in [0.717, 1.165) is 17.1 Å². The molecule has 2 aromatic heterocycles. The minimum Gasteiger partial charge on any atom is -0.481 e. The first kappa shape index (κ1) is 17.5. The number of amides is 1. The Morgan fingerprint density at radius 2 is 1.77 bits per heavy atom. The van der Waals surface area contributed by atoms with Gasteiger partial charge in [0.2, 0.25) is 11.8 Å². The molecular weight excluding hydrogens is 332 g/mol. The van der Waals surface area contributed by atoms with E-state index in [1.165, 1.54) is 14.2 Å². The van der Waals surface area contributed by atoms with Crippen molar-refractivity contribution in [2.45, 2.75) is 13.8 Å². The van der Waals surface area contributed by atoms with Crippen LogP contribution in [0.25, 0.3) is 5.69 Å². The molecule has 0 aliphatic carbocycles. The number of pyridine rings is 1. The number of anilines is 1. The number of aryl methyl sites for hydroxylation is 1. The van der Waals surface area contributed by atoms with Crippen LogP contribution in [0, 0.1) is 13.8 Å². The van der Waals surface area contributed by atoms with E-state index in [1.54, 1.807) is 18.5 Å². The predicted octanol–water partition coefficient (Wildman–Crippen LogP) is 3.15. The van der Waals surface area contributed by atoms with E-state index in [2.05, 4.69) is 15.3 Å². The lowest BCUT2D eigenvalue weighted by molar-refractivity contribution is 0.102. The number of carbonyl (C=O) groups excluding carboxylic acids is 1. The van der Waals surface area contributed by atoms with Crippen molar-refractivity contribution < 1.29 is 14.3 Å². The maximum Gasteiger partial charge on any atom is 0.261 e. The van der Waals surface area contributed by atoms with E-state index in [-0.39, 0.29) is 11.8 Å². The smallest absolute Gasteiger partial charge is 0.261 e. The first-order valence-corrected chi connectivity index (χ1v) is 8.05. The maximum atomic E-state index is 12.5. The van der Waals surface area contributed by atoms with E-state index in [0.29, 0.717) is 17.1 Å². The molecule has 0 aliphatic rings. The van der Waals surface area contributed by atoms with Gasteiger partial charge in [0.05, 0.1) is 26.2 Å². The molecule has 2 heterocycles. The minimum absolute atomic E-state index is 0.211. The highest BCUT2D eigenvalue weighted by Crippen LogP contribution is 2.22. The van der Waals surface area contributed by atoms with Gasteiger partial charge in [0.1, 0.15) is 5.56 Å². The van der Waals surface area contributed by atoms with Crippen molar-refractivity contribution in [3.05, 3.63) is 59.7 Å². The average molecular weight is 352 g/mol. The van der Waals surface area contributed by atoms with Crippen molar-refractivity contribution in [3.8, 4) is 17.4 Å². The second-order valence-electron chi connectivity index (χ2n) is 5.70. The van der Waals surface area contributed by atoms with E-state index in [1.807, 2.05) is 42.7 Å². The molecule has 0 saturated heterocycles. The fraction of sp³-hybridized carbons (Fsp3) is 0.211. The molecule has 0 spiro atoms. The van der Waals surface area contributed by atoms with Gasteiger partial charge in [-0.25, -0.2) is 4.98 Å². The normalized spacial score (nSPS) is 10.5. The molecule has 0 saturated carbocycles. The molecule has 26 heavy (non-hydrogen) atoms. The van der Waals surface area contributed by atoms with Gasteiger partial charge in [-0.1, -0.05) is 0 Å². The van der Waals surface area contributed by atoms with Crippen LogP contribution in [0.4, 0.5) is 5.69 Å². The second-order valence-corrected chi connectivity index (χ2v) is 5.70. The Morgan fingerprint density at radius 1 is 1.04 bits per heavy atom. The Labute approximate surface area is 151 Å². The molecule has 0 aliphatic heterocycles. The minimum atomic E-state index is -0.306. The third-order valence-corrected chi connectivity index (χ3v) is 4.14. The number of hydrogen-bond acceptors (Lipinski definition) is 5. The van der Waals surface area contributed by atoms with Crippen molar-refractivity contribution in [2.75, 3.05) is 19.5 Å². The van der Waals surface area contributed by atoms with E-state index < -0.39 is 0 Å². The number of methoxy groups -OCH3 is 2. The molecule has 3 aromatic rings. The van der Waals surface area contributed by atoms with Crippen LogP contribution >= 0.6 is 0 Å². The number of nitrogens with one attached hydrogen (secondary N) is 1. The fourth-order valence-corrected chi connectivity index (χ4v) is 2.53. The Bertz CT molecular complexity index is 932. The first-order valence-electron chi connectivity index (χ1n) is 8.05. The van der Waals surface area contributed by atoms with Crippen LogP contribution in [0.3, 0.4) is 0 Å². The molecule has 0 atom stereocenters. The van der Waals surface area contributed by atoms with Crippen molar-refractivity contribution in [3.63, 3.8) is 0 Å². The number of aromatic nitrogens is 3. The van der Waals surface area contributed by atoms with E-state index >= 15 is 0 Å². The van der Waals surface area contributed by atoms with Crippen LogP contribution in [0.5, 0.6) is 11.8 Å². The summed E-state index contributed by atoms with van der Waals surface area (Å²) in [4.78, 5) is 20.9. The summed E-state index contributed by atoms with van der Waals surface area (Å²) in [6.45, 7) is 3.98. The summed E-state index contributed by atoms with van der Waals surface area (Å²) in [5, 5.41) is 2.84. The molecule has 1 aromatic carbocycles. The van der Waals surface area contributed by atoms with Gasteiger partial charge in [-0.2, -0.15) is 4.98 Å². The standard InChI is InChI=1S/C19H20N4O3/c1-12-13(2)23(11-20-12)15-7-5-14(6-8-15)21-18(24)16-9-10-17(25-3)22-19(16)26-4/h5-11H,1-4H3,(H,21,24). The molecule has 1 N–H and O–H groups in total. The zero-order valence-electron chi connectivity index (χ0n) is 15.1. The van der Waals surface area contributed by atoms with Crippen LogP contribution in [0.2, 0.25) is 0 Å². The van der Waals surface area contributed by atoms with Gasteiger partial charge in [0.25, 0.3) is 5.91 Å². The molecule has 0 bridgehead atoms. The summed E-state index contributed by atoms with van der Waals surface area (Å²) in [6.07, 6.45) is 1.78.